The maximum atomic E-state index is 2.82. The number of nitrogens with zero attached hydrogens (tertiary/aromatic N) is 1. The highest BCUT2D eigenvalue weighted by Crippen LogP contribution is 2.48. The lowest BCUT2D eigenvalue weighted by molar-refractivity contribution is 0.0246. The Bertz CT molecular complexity index is 421. The van der Waals surface area contributed by atoms with Gasteiger partial charge in [-0.15, -0.1) is 0 Å². The molecule has 1 saturated carbocycles. The Labute approximate surface area is 172 Å². The fourth-order valence-electron chi connectivity index (χ4n) is 6.02. The molecule has 27 heavy (non-hydrogen) atoms. The van der Waals surface area contributed by atoms with E-state index in [1.54, 1.807) is 0 Å². The Morgan fingerprint density at radius 1 is 0.852 bits per heavy atom. The molecule has 1 heterocycles. The van der Waals surface area contributed by atoms with Crippen molar-refractivity contribution in [3.63, 3.8) is 0 Å². The quantitative estimate of drug-likeness (QED) is 0.420. The molecule has 2 rings (SSSR count). The van der Waals surface area contributed by atoms with Crippen molar-refractivity contribution >= 4 is 0 Å². The molecule has 0 amide bonds. The lowest BCUT2D eigenvalue weighted by atomic mass is 9.61. The van der Waals surface area contributed by atoms with Crippen molar-refractivity contribution in [2.45, 2.75) is 107 Å². The largest absolute Gasteiger partial charge is 0.303 e. The van der Waals surface area contributed by atoms with E-state index in [1.165, 1.54) is 71.0 Å². The molecular weight excluding hydrogens is 326 g/mol. The molecule has 1 aliphatic carbocycles. The van der Waals surface area contributed by atoms with Crippen LogP contribution in [0.5, 0.6) is 0 Å². The number of hydrogen-bond acceptors (Lipinski definition) is 1. The first-order valence-electron chi connectivity index (χ1n) is 12.3. The monoisotopic (exact) mass is 377 g/mol. The minimum atomic E-state index is 0.455. The van der Waals surface area contributed by atoms with Gasteiger partial charge in [0.15, 0.2) is 0 Å². The Balaban J connectivity index is 1.82. The summed E-state index contributed by atoms with van der Waals surface area (Å²) in [5.74, 6) is 4.57. The summed E-state index contributed by atoms with van der Waals surface area (Å²) in [7, 11) is 0. The third-order valence-electron chi connectivity index (χ3n) is 9.15. The average Bonchev–Trinajstić information content (AvgIpc) is 2.62. The molecule has 2 aliphatic rings. The van der Waals surface area contributed by atoms with Crippen LogP contribution in [0, 0.1) is 40.4 Å². The van der Waals surface area contributed by atoms with E-state index in [-0.39, 0.29) is 0 Å². The SMILES string of the molecule is CCC(C)(CC(C)(C)C(C)C)C1CCN(CC2CCC(C(C)C)CC2)CC1. The van der Waals surface area contributed by atoms with Gasteiger partial charge in [0, 0.05) is 6.54 Å². The first-order chi connectivity index (χ1) is 12.6. The zero-order valence-electron chi connectivity index (χ0n) is 20.1. The summed E-state index contributed by atoms with van der Waals surface area (Å²) in [5, 5.41) is 0. The number of likely N-dealkylation sites (tertiary alicyclic amines) is 1. The van der Waals surface area contributed by atoms with E-state index in [0.29, 0.717) is 10.8 Å². The number of hydrogen-bond donors (Lipinski definition) is 0. The van der Waals surface area contributed by atoms with Crippen molar-refractivity contribution in [2.24, 2.45) is 40.4 Å². The van der Waals surface area contributed by atoms with Crippen LogP contribution in [0.2, 0.25) is 0 Å². The third-order valence-corrected chi connectivity index (χ3v) is 9.15. The van der Waals surface area contributed by atoms with Gasteiger partial charge in [-0.2, -0.15) is 0 Å². The molecular formula is C26H51N. The van der Waals surface area contributed by atoms with Gasteiger partial charge in [0.25, 0.3) is 0 Å². The topological polar surface area (TPSA) is 3.24 Å². The molecule has 0 aromatic carbocycles. The van der Waals surface area contributed by atoms with Gasteiger partial charge in [0.1, 0.15) is 0 Å². The molecule has 1 heteroatoms. The Morgan fingerprint density at radius 3 is 1.85 bits per heavy atom. The molecule has 1 nitrogen and oxygen atoms in total. The number of rotatable bonds is 8. The summed E-state index contributed by atoms with van der Waals surface area (Å²) < 4.78 is 0. The third kappa shape index (κ3) is 6.22. The van der Waals surface area contributed by atoms with Crippen LogP contribution in [0.1, 0.15) is 107 Å². The van der Waals surface area contributed by atoms with Crippen molar-refractivity contribution in [3.05, 3.63) is 0 Å². The lowest BCUT2D eigenvalue weighted by Crippen LogP contribution is -2.43. The van der Waals surface area contributed by atoms with Gasteiger partial charge in [-0.3, -0.25) is 0 Å². The summed E-state index contributed by atoms with van der Waals surface area (Å²) in [5.41, 5.74) is 0.978. The van der Waals surface area contributed by atoms with Crippen LogP contribution in [0.4, 0.5) is 0 Å². The summed E-state index contributed by atoms with van der Waals surface area (Å²) >= 11 is 0. The van der Waals surface area contributed by atoms with E-state index in [2.05, 4.69) is 60.3 Å². The highest BCUT2D eigenvalue weighted by Gasteiger charge is 2.40. The zero-order valence-corrected chi connectivity index (χ0v) is 20.1. The molecule has 160 valence electrons. The minimum absolute atomic E-state index is 0.455. The van der Waals surface area contributed by atoms with E-state index in [0.717, 1.165) is 29.6 Å². The van der Waals surface area contributed by atoms with Crippen LogP contribution in [0.3, 0.4) is 0 Å². The first kappa shape index (κ1) is 23.2. The average molecular weight is 378 g/mol. The van der Waals surface area contributed by atoms with Gasteiger partial charge in [-0.1, -0.05) is 61.8 Å². The van der Waals surface area contributed by atoms with E-state index in [4.69, 9.17) is 0 Å². The molecule has 0 aromatic rings. The summed E-state index contributed by atoms with van der Waals surface area (Å²) in [6.07, 6.45) is 11.5. The van der Waals surface area contributed by atoms with Crippen LogP contribution < -0.4 is 0 Å². The van der Waals surface area contributed by atoms with E-state index >= 15 is 0 Å². The molecule has 0 radical (unpaired) electrons. The van der Waals surface area contributed by atoms with E-state index in [1.807, 2.05) is 0 Å². The van der Waals surface area contributed by atoms with Gasteiger partial charge in [0.05, 0.1) is 0 Å². The highest BCUT2D eigenvalue weighted by atomic mass is 15.1. The van der Waals surface area contributed by atoms with Gasteiger partial charge >= 0.3 is 0 Å². The molecule has 1 aliphatic heterocycles. The molecule has 0 spiro atoms. The minimum Gasteiger partial charge on any atom is -0.303 e. The van der Waals surface area contributed by atoms with Crippen LogP contribution in [-0.2, 0) is 0 Å². The number of piperidine rings is 1. The van der Waals surface area contributed by atoms with Gasteiger partial charge < -0.3 is 4.90 Å². The van der Waals surface area contributed by atoms with E-state index < -0.39 is 0 Å². The molecule has 1 atom stereocenters. The smallest absolute Gasteiger partial charge is 0.000966 e. The van der Waals surface area contributed by atoms with Crippen molar-refractivity contribution in [1.82, 2.24) is 4.90 Å². The zero-order chi connectivity index (χ0) is 20.2. The van der Waals surface area contributed by atoms with Crippen molar-refractivity contribution < 1.29 is 0 Å². The Hall–Kier alpha value is -0.0400. The molecule has 1 saturated heterocycles. The highest BCUT2D eigenvalue weighted by molar-refractivity contribution is 4.91. The van der Waals surface area contributed by atoms with Crippen molar-refractivity contribution in [1.29, 1.82) is 0 Å². The maximum Gasteiger partial charge on any atom is 0.000966 e. The fraction of sp³-hybridized carbons (Fsp3) is 1.00. The molecule has 1 unspecified atom stereocenters. The van der Waals surface area contributed by atoms with Gasteiger partial charge in [0.2, 0.25) is 0 Å². The second kappa shape index (κ2) is 9.64. The molecule has 0 aromatic heterocycles. The maximum absolute atomic E-state index is 2.82. The van der Waals surface area contributed by atoms with E-state index in [9.17, 15) is 0 Å². The summed E-state index contributed by atoms with van der Waals surface area (Å²) in [6, 6.07) is 0. The second-order valence-corrected chi connectivity index (χ2v) is 11.9. The van der Waals surface area contributed by atoms with Crippen molar-refractivity contribution in [2.75, 3.05) is 19.6 Å². The van der Waals surface area contributed by atoms with Crippen LogP contribution >= 0.6 is 0 Å². The Morgan fingerprint density at radius 2 is 1.41 bits per heavy atom. The van der Waals surface area contributed by atoms with Crippen LogP contribution in [-0.4, -0.2) is 24.5 Å². The summed E-state index contributed by atoms with van der Waals surface area (Å²) in [6.45, 7) is 23.8. The summed E-state index contributed by atoms with van der Waals surface area (Å²) in [4.78, 5) is 2.82. The van der Waals surface area contributed by atoms with Crippen molar-refractivity contribution in [3.8, 4) is 0 Å². The predicted molar refractivity (Wildman–Crippen MR) is 121 cm³/mol. The predicted octanol–water partition coefficient (Wildman–Crippen LogP) is 7.65. The van der Waals surface area contributed by atoms with Gasteiger partial charge in [-0.25, -0.2) is 0 Å². The molecule has 0 bridgehead atoms. The Kier molecular flexibility index (Phi) is 8.30. The normalized spacial score (nSPS) is 28.7. The first-order valence-corrected chi connectivity index (χ1v) is 12.3. The molecule has 2 fully saturated rings. The van der Waals surface area contributed by atoms with Crippen LogP contribution in [0.25, 0.3) is 0 Å². The standard InChI is InChI=1S/C26H51N/c1-9-26(8,19-25(6,7)21(4)5)24-14-16-27(17-15-24)18-22-10-12-23(13-11-22)20(2)3/h20-24H,9-19H2,1-8H3. The second-order valence-electron chi connectivity index (χ2n) is 11.9. The molecule has 0 N–H and O–H groups in total. The fourth-order valence-corrected chi connectivity index (χ4v) is 6.02. The van der Waals surface area contributed by atoms with Crippen LogP contribution in [0.15, 0.2) is 0 Å². The van der Waals surface area contributed by atoms with Gasteiger partial charge in [-0.05, 0) is 98.5 Å². The lowest BCUT2D eigenvalue weighted by Gasteiger charge is -2.47.